The Labute approximate surface area is 92.5 Å². The average Bonchev–Trinajstić information content (AvgIpc) is 2.26. The number of nitrogens with zero attached hydrogens (tertiary/aromatic N) is 1. The summed E-state index contributed by atoms with van der Waals surface area (Å²) in [5, 5.41) is 11.2. The molecule has 0 atom stereocenters. The van der Waals surface area contributed by atoms with Crippen LogP contribution in [0.1, 0.15) is 51.9 Å². The number of amidine groups is 1. The molecule has 0 rings (SSSR count). The van der Waals surface area contributed by atoms with Gasteiger partial charge in [-0.2, -0.15) is 0 Å². The fourth-order valence-electron chi connectivity index (χ4n) is 1.32. The van der Waals surface area contributed by atoms with Gasteiger partial charge in [-0.1, -0.05) is 37.8 Å². The summed E-state index contributed by atoms with van der Waals surface area (Å²) in [7, 11) is 0. The highest BCUT2D eigenvalue weighted by atomic mass is 16.5. The maximum atomic E-state index is 8.28. The van der Waals surface area contributed by atoms with E-state index in [0.717, 1.165) is 19.4 Å². The second kappa shape index (κ2) is 11.3. The van der Waals surface area contributed by atoms with E-state index in [1.54, 1.807) is 0 Å². The number of nitrogens with two attached hydrogens (primary N) is 1. The van der Waals surface area contributed by atoms with Crippen LogP contribution in [-0.2, 0) is 4.74 Å². The molecule has 0 aromatic rings. The molecule has 0 saturated carbocycles. The summed E-state index contributed by atoms with van der Waals surface area (Å²) in [6, 6.07) is 0. The first-order valence-corrected chi connectivity index (χ1v) is 5.85. The lowest BCUT2D eigenvalue weighted by atomic mass is 10.2. The van der Waals surface area contributed by atoms with Gasteiger partial charge in [-0.3, -0.25) is 0 Å². The molecule has 0 aromatic heterocycles. The van der Waals surface area contributed by atoms with Crippen LogP contribution < -0.4 is 5.73 Å². The molecule has 3 N–H and O–H groups in total. The van der Waals surface area contributed by atoms with Crippen LogP contribution in [0.2, 0.25) is 0 Å². The van der Waals surface area contributed by atoms with Gasteiger partial charge in [-0.25, -0.2) is 0 Å². The molecule has 0 unspecified atom stereocenters. The van der Waals surface area contributed by atoms with Crippen molar-refractivity contribution in [2.45, 2.75) is 51.9 Å². The van der Waals surface area contributed by atoms with Crippen LogP contribution in [0.15, 0.2) is 5.16 Å². The number of oxime groups is 1. The van der Waals surface area contributed by atoms with Crippen molar-refractivity contribution in [2.75, 3.05) is 13.2 Å². The number of hydrogen-bond donors (Lipinski definition) is 2. The highest BCUT2D eigenvalue weighted by Gasteiger charge is 1.94. The van der Waals surface area contributed by atoms with Crippen molar-refractivity contribution in [3.63, 3.8) is 0 Å². The van der Waals surface area contributed by atoms with E-state index < -0.39 is 0 Å². The number of unbranched alkanes of at least 4 members (excludes halogenated alkanes) is 4. The van der Waals surface area contributed by atoms with E-state index in [9.17, 15) is 0 Å². The summed E-state index contributed by atoms with van der Waals surface area (Å²) in [5.41, 5.74) is 5.31. The molecule has 0 saturated heterocycles. The zero-order valence-corrected chi connectivity index (χ0v) is 9.74. The van der Waals surface area contributed by atoms with Crippen LogP contribution >= 0.6 is 0 Å². The Morgan fingerprint density at radius 2 is 1.80 bits per heavy atom. The lowest BCUT2D eigenvalue weighted by molar-refractivity contribution is 0.128. The Morgan fingerprint density at radius 1 is 1.13 bits per heavy atom. The van der Waals surface area contributed by atoms with Crippen molar-refractivity contribution < 1.29 is 9.94 Å². The third kappa shape index (κ3) is 11.2. The molecule has 0 aliphatic heterocycles. The zero-order chi connectivity index (χ0) is 11.4. The van der Waals surface area contributed by atoms with Crippen LogP contribution in [0.4, 0.5) is 0 Å². The zero-order valence-electron chi connectivity index (χ0n) is 9.74. The van der Waals surface area contributed by atoms with E-state index in [4.69, 9.17) is 15.7 Å². The van der Waals surface area contributed by atoms with Crippen LogP contribution in [0.3, 0.4) is 0 Å². The predicted molar refractivity (Wildman–Crippen MR) is 62.2 cm³/mol. The average molecular weight is 216 g/mol. The van der Waals surface area contributed by atoms with Gasteiger partial charge in [0.2, 0.25) is 0 Å². The Morgan fingerprint density at radius 3 is 2.47 bits per heavy atom. The molecule has 0 fully saturated rings. The number of hydrogen-bond acceptors (Lipinski definition) is 3. The number of ether oxygens (including phenoxy) is 1. The maximum Gasteiger partial charge on any atom is 0.139 e. The predicted octanol–water partition coefficient (Wildman–Crippen LogP) is 2.50. The lowest BCUT2D eigenvalue weighted by Crippen LogP contribution is -2.12. The maximum absolute atomic E-state index is 8.28. The molecule has 0 aromatic carbocycles. The topological polar surface area (TPSA) is 67.8 Å². The van der Waals surface area contributed by atoms with Crippen molar-refractivity contribution >= 4 is 5.84 Å². The summed E-state index contributed by atoms with van der Waals surface area (Å²) >= 11 is 0. The fraction of sp³-hybridized carbons (Fsp3) is 0.909. The van der Waals surface area contributed by atoms with Gasteiger partial charge >= 0.3 is 0 Å². The molecule has 0 aliphatic carbocycles. The van der Waals surface area contributed by atoms with E-state index in [1.165, 1.54) is 25.7 Å². The van der Waals surface area contributed by atoms with E-state index >= 15 is 0 Å². The van der Waals surface area contributed by atoms with Crippen molar-refractivity contribution in [2.24, 2.45) is 10.9 Å². The molecule has 4 nitrogen and oxygen atoms in total. The molecule has 90 valence electrons. The first kappa shape index (κ1) is 14.2. The van der Waals surface area contributed by atoms with E-state index in [1.807, 2.05) is 0 Å². The van der Waals surface area contributed by atoms with Gasteiger partial charge in [-0.05, 0) is 12.8 Å². The highest BCUT2D eigenvalue weighted by Crippen LogP contribution is 2.02. The molecule has 0 amide bonds. The van der Waals surface area contributed by atoms with Gasteiger partial charge in [0.15, 0.2) is 0 Å². The molecule has 0 bridgehead atoms. The molecule has 15 heavy (non-hydrogen) atoms. The molecular weight excluding hydrogens is 192 g/mol. The smallest absolute Gasteiger partial charge is 0.139 e. The van der Waals surface area contributed by atoms with Gasteiger partial charge in [0.1, 0.15) is 5.84 Å². The van der Waals surface area contributed by atoms with Crippen LogP contribution in [-0.4, -0.2) is 24.3 Å². The SMILES string of the molecule is CCCCCCCOCCC/C(N)=N/O. The van der Waals surface area contributed by atoms with Crippen molar-refractivity contribution in [3.8, 4) is 0 Å². The lowest BCUT2D eigenvalue weighted by Gasteiger charge is -2.03. The molecule has 0 spiro atoms. The normalized spacial score (nSPS) is 11.9. The Bertz CT molecular complexity index is 161. The van der Waals surface area contributed by atoms with Crippen LogP contribution in [0.25, 0.3) is 0 Å². The fourth-order valence-corrected chi connectivity index (χ4v) is 1.32. The summed E-state index contributed by atoms with van der Waals surface area (Å²) in [6.45, 7) is 3.74. The first-order chi connectivity index (χ1) is 7.31. The Hall–Kier alpha value is -0.770. The second-order valence-electron chi connectivity index (χ2n) is 3.72. The minimum absolute atomic E-state index is 0.279. The van der Waals surface area contributed by atoms with Gasteiger partial charge in [0.05, 0.1) is 0 Å². The minimum atomic E-state index is 0.279. The van der Waals surface area contributed by atoms with E-state index in [0.29, 0.717) is 13.0 Å². The van der Waals surface area contributed by atoms with Crippen LogP contribution in [0.5, 0.6) is 0 Å². The Balaban J connectivity index is 2.99. The number of rotatable bonds is 10. The van der Waals surface area contributed by atoms with Crippen molar-refractivity contribution in [1.82, 2.24) is 0 Å². The molecular formula is C11H24N2O2. The summed E-state index contributed by atoms with van der Waals surface area (Å²) < 4.78 is 5.42. The molecule has 4 heteroatoms. The monoisotopic (exact) mass is 216 g/mol. The summed E-state index contributed by atoms with van der Waals surface area (Å²) in [5.74, 6) is 0.279. The van der Waals surface area contributed by atoms with E-state index in [2.05, 4.69) is 12.1 Å². The summed E-state index contributed by atoms with van der Waals surface area (Å²) in [4.78, 5) is 0. The van der Waals surface area contributed by atoms with Crippen LogP contribution in [0, 0.1) is 0 Å². The summed E-state index contributed by atoms with van der Waals surface area (Å²) in [6.07, 6.45) is 7.74. The standard InChI is InChI=1S/C11H24N2O2/c1-2-3-4-5-6-9-15-10-7-8-11(12)13-14/h14H,2-10H2,1H3,(H2,12,13). The van der Waals surface area contributed by atoms with E-state index in [-0.39, 0.29) is 5.84 Å². The van der Waals surface area contributed by atoms with Gasteiger partial charge in [0, 0.05) is 19.6 Å². The molecule has 0 heterocycles. The minimum Gasteiger partial charge on any atom is -0.409 e. The van der Waals surface area contributed by atoms with Gasteiger partial charge < -0.3 is 15.7 Å². The quantitative estimate of drug-likeness (QED) is 0.194. The Kier molecular flexibility index (Phi) is 10.7. The molecule has 0 radical (unpaired) electrons. The second-order valence-corrected chi connectivity index (χ2v) is 3.72. The first-order valence-electron chi connectivity index (χ1n) is 5.85. The third-order valence-corrected chi connectivity index (χ3v) is 2.24. The third-order valence-electron chi connectivity index (χ3n) is 2.24. The van der Waals surface area contributed by atoms with Gasteiger partial charge in [-0.15, -0.1) is 0 Å². The van der Waals surface area contributed by atoms with Crippen molar-refractivity contribution in [1.29, 1.82) is 0 Å². The van der Waals surface area contributed by atoms with Gasteiger partial charge in [0.25, 0.3) is 0 Å². The largest absolute Gasteiger partial charge is 0.409 e. The highest BCUT2D eigenvalue weighted by molar-refractivity contribution is 5.79. The molecule has 0 aliphatic rings. The van der Waals surface area contributed by atoms with Crippen molar-refractivity contribution in [3.05, 3.63) is 0 Å².